The quantitative estimate of drug-likeness (QED) is 0.562. The zero-order chi connectivity index (χ0) is 19.1. The van der Waals surface area contributed by atoms with Crippen molar-refractivity contribution in [3.05, 3.63) is 42.1 Å². The van der Waals surface area contributed by atoms with Crippen molar-refractivity contribution in [1.82, 2.24) is 25.8 Å². The minimum Gasteiger partial charge on any atom is -0.508 e. The Hall–Kier alpha value is -2.93. The Morgan fingerprint density at radius 1 is 1.25 bits per heavy atom. The van der Waals surface area contributed by atoms with Gasteiger partial charge < -0.3 is 15.7 Å². The van der Waals surface area contributed by atoms with Gasteiger partial charge in [-0.1, -0.05) is 0 Å². The van der Waals surface area contributed by atoms with E-state index in [4.69, 9.17) is 0 Å². The van der Waals surface area contributed by atoms with E-state index in [2.05, 4.69) is 25.8 Å². The highest BCUT2D eigenvalue weighted by Crippen LogP contribution is 2.38. The topological polar surface area (TPSA) is 103 Å². The molecular weight excluding hydrogens is 354 g/mol. The average molecular weight is 377 g/mol. The lowest BCUT2D eigenvalue weighted by molar-refractivity contribution is 0.0854. The van der Waals surface area contributed by atoms with Gasteiger partial charge in [0, 0.05) is 17.1 Å². The molecule has 0 radical (unpaired) electrons. The molecule has 1 aromatic carbocycles. The maximum atomic E-state index is 13.1. The third-order valence-corrected chi connectivity index (χ3v) is 6.11. The minimum absolute atomic E-state index is 0.0878. The van der Waals surface area contributed by atoms with Crippen LogP contribution in [0.1, 0.15) is 42.5 Å². The van der Waals surface area contributed by atoms with E-state index in [9.17, 15) is 9.90 Å². The standard InChI is InChI=1S/C21H23N5O2/c27-15-4-2-13(3-5-15)18-10-16(17-12-23-26-19(17)25-18)20(28)24-14-6-9-22-21(11-14)7-1-8-21/h2-5,10,12,14,22,27H,1,6-9,11H2,(H,24,28)(H,23,25,26). The molecule has 1 amide bonds. The van der Waals surface area contributed by atoms with Gasteiger partial charge in [-0.2, -0.15) is 5.10 Å². The minimum atomic E-state index is -0.0878. The summed E-state index contributed by atoms with van der Waals surface area (Å²) in [6.45, 7) is 0.946. The summed E-state index contributed by atoms with van der Waals surface area (Å²) in [6.07, 6.45) is 7.25. The van der Waals surface area contributed by atoms with Gasteiger partial charge in [-0.05, 0) is 69.0 Å². The third kappa shape index (κ3) is 3.01. The number of benzene rings is 1. The molecule has 28 heavy (non-hydrogen) atoms. The second kappa shape index (κ2) is 6.60. The van der Waals surface area contributed by atoms with Crippen molar-refractivity contribution in [2.45, 2.75) is 43.7 Å². The van der Waals surface area contributed by atoms with Gasteiger partial charge in [-0.15, -0.1) is 0 Å². The van der Waals surface area contributed by atoms with E-state index in [1.165, 1.54) is 19.3 Å². The van der Waals surface area contributed by atoms with E-state index >= 15 is 0 Å². The number of aromatic amines is 1. The number of rotatable bonds is 3. The number of nitrogens with one attached hydrogen (secondary N) is 3. The molecule has 2 aliphatic rings. The molecular formula is C21H23N5O2. The number of aromatic hydroxyl groups is 1. The molecule has 2 aromatic heterocycles. The van der Waals surface area contributed by atoms with Crippen molar-refractivity contribution in [1.29, 1.82) is 0 Å². The summed E-state index contributed by atoms with van der Waals surface area (Å²) in [7, 11) is 0. The highest BCUT2D eigenvalue weighted by atomic mass is 16.3. The molecule has 2 fully saturated rings. The number of aromatic nitrogens is 3. The van der Waals surface area contributed by atoms with Crippen LogP contribution in [-0.4, -0.2) is 44.3 Å². The molecule has 4 N–H and O–H groups in total. The molecule has 5 rings (SSSR count). The Balaban J connectivity index is 1.45. The molecule has 1 atom stereocenters. The predicted octanol–water partition coefficient (Wildman–Crippen LogP) is 2.74. The van der Waals surface area contributed by atoms with Crippen LogP contribution in [0.4, 0.5) is 0 Å². The van der Waals surface area contributed by atoms with Gasteiger partial charge in [0.15, 0.2) is 5.65 Å². The maximum absolute atomic E-state index is 13.1. The van der Waals surface area contributed by atoms with E-state index in [0.717, 1.165) is 24.9 Å². The van der Waals surface area contributed by atoms with Crippen LogP contribution in [0.3, 0.4) is 0 Å². The Morgan fingerprint density at radius 3 is 2.82 bits per heavy atom. The zero-order valence-electron chi connectivity index (χ0n) is 15.5. The number of hydrogen-bond acceptors (Lipinski definition) is 5. The van der Waals surface area contributed by atoms with Crippen molar-refractivity contribution >= 4 is 16.9 Å². The first-order valence-electron chi connectivity index (χ1n) is 9.81. The van der Waals surface area contributed by atoms with Crippen LogP contribution in [0.15, 0.2) is 36.5 Å². The largest absolute Gasteiger partial charge is 0.508 e. The van der Waals surface area contributed by atoms with E-state index in [1.54, 1.807) is 36.5 Å². The number of phenolic OH excluding ortho intramolecular Hbond substituents is 1. The number of piperidine rings is 1. The first kappa shape index (κ1) is 17.2. The van der Waals surface area contributed by atoms with Gasteiger partial charge in [0.05, 0.1) is 22.8 Å². The Bertz CT molecular complexity index is 1020. The van der Waals surface area contributed by atoms with Crippen LogP contribution in [0.2, 0.25) is 0 Å². The molecule has 1 saturated heterocycles. The summed E-state index contributed by atoms with van der Waals surface area (Å²) >= 11 is 0. The highest BCUT2D eigenvalue weighted by Gasteiger charge is 2.41. The number of hydrogen-bond donors (Lipinski definition) is 4. The number of phenols is 1. The summed E-state index contributed by atoms with van der Waals surface area (Å²) in [5.74, 6) is 0.107. The van der Waals surface area contributed by atoms with Crippen LogP contribution in [-0.2, 0) is 0 Å². The number of fused-ring (bicyclic) bond motifs is 1. The first-order chi connectivity index (χ1) is 13.6. The number of amides is 1. The molecule has 1 spiro atoms. The van der Waals surface area contributed by atoms with Crippen molar-refractivity contribution < 1.29 is 9.90 Å². The third-order valence-electron chi connectivity index (χ3n) is 6.11. The zero-order valence-corrected chi connectivity index (χ0v) is 15.5. The maximum Gasteiger partial charge on any atom is 0.252 e. The van der Waals surface area contributed by atoms with Gasteiger partial charge >= 0.3 is 0 Å². The summed E-state index contributed by atoms with van der Waals surface area (Å²) < 4.78 is 0. The second-order valence-corrected chi connectivity index (χ2v) is 7.96. The molecule has 3 heterocycles. The smallest absolute Gasteiger partial charge is 0.252 e. The summed E-state index contributed by atoms with van der Waals surface area (Å²) in [5, 5.41) is 24.1. The lowest BCUT2D eigenvalue weighted by Crippen LogP contribution is -2.59. The normalized spacial score (nSPS) is 20.8. The van der Waals surface area contributed by atoms with E-state index in [0.29, 0.717) is 22.3 Å². The Kier molecular flexibility index (Phi) is 4.05. The van der Waals surface area contributed by atoms with Crippen molar-refractivity contribution in [3.63, 3.8) is 0 Å². The number of H-pyrrole nitrogens is 1. The average Bonchev–Trinajstić information content (AvgIpc) is 3.15. The van der Waals surface area contributed by atoms with Crippen LogP contribution in [0, 0.1) is 0 Å². The summed E-state index contributed by atoms with van der Waals surface area (Å²) in [6, 6.07) is 8.78. The molecule has 1 unspecified atom stereocenters. The van der Waals surface area contributed by atoms with E-state index < -0.39 is 0 Å². The highest BCUT2D eigenvalue weighted by molar-refractivity contribution is 6.06. The monoisotopic (exact) mass is 377 g/mol. The van der Waals surface area contributed by atoms with Crippen LogP contribution < -0.4 is 10.6 Å². The fourth-order valence-electron chi connectivity index (χ4n) is 4.43. The van der Waals surface area contributed by atoms with Crippen LogP contribution >= 0.6 is 0 Å². The van der Waals surface area contributed by atoms with Gasteiger partial charge in [-0.3, -0.25) is 9.89 Å². The molecule has 1 aliphatic carbocycles. The van der Waals surface area contributed by atoms with Crippen molar-refractivity contribution in [3.8, 4) is 17.0 Å². The van der Waals surface area contributed by atoms with Gasteiger partial charge in [0.2, 0.25) is 0 Å². The molecule has 7 nitrogen and oxygen atoms in total. The molecule has 1 aliphatic heterocycles. The number of carbonyl (C=O) groups excluding carboxylic acids is 1. The lowest BCUT2D eigenvalue weighted by Gasteiger charge is -2.48. The van der Waals surface area contributed by atoms with Crippen LogP contribution in [0.25, 0.3) is 22.3 Å². The Labute approximate surface area is 162 Å². The fourth-order valence-corrected chi connectivity index (χ4v) is 4.43. The fraction of sp³-hybridized carbons (Fsp3) is 0.381. The first-order valence-corrected chi connectivity index (χ1v) is 9.81. The van der Waals surface area contributed by atoms with Crippen molar-refractivity contribution in [2.24, 2.45) is 0 Å². The van der Waals surface area contributed by atoms with E-state index in [1.807, 2.05) is 0 Å². The number of carbonyl (C=O) groups is 1. The summed E-state index contributed by atoms with van der Waals surface area (Å²) in [4.78, 5) is 17.7. The predicted molar refractivity (Wildman–Crippen MR) is 106 cm³/mol. The molecule has 3 aromatic rings. The molecule has 1 saturated carbocycles. The molecule has 144 valence electrons. The number of nitrogens with zero attached hydrogens (tertiary/aromatic N) is 2. The van der Waals surface area contributed by atoms with Crippen LogP contribution in [0.5, 0.6) is 5.75 Å². The Morgan fingerprint density at radius 2 is 2.07 bits per heavy atom. The molecule has 0 bridgehead atoms. The van der Waals surface area contributed by atoms with Gasteiger partial charge in [0.25, 0.3) is 5.91 Å². The SMILES string of the molecule is O=C(NC1CCNC2(CCC2)C1)c1cc(-c2ccc(O)cc2)nc2[nH]ncc12. The lowest BCUT2D eigenvalue weighted by atomic mass is 9.70. The molecule has 7 heteroatoms. The summed E-state index contributed by atoms with van der Waals surface area (Å²) in [5.41, 5.74) is 2.89. The van der Waals surface area contributed by atoms with Gasteiger partial charge in [-0.25, -0.2) is 4.98 Å². The second-order valence-electron chi connectivity index (χ2n) is 7.96. The number of pyridine rings is 1. The van der Waals surface area contributed by atoms with Gasteiger partial charge in [0.1, 0.15) is 5.75 Å². The van der Waals surface area contributed by atoms with E-state index in [-0.39, 0.29) is 23.2 Å². The van der Waals surface area contributed by atoms with Crippen molar-refractivity contribution in [2.75, 3.05) is 6.54 Å².